The maximum atomic E-state index is 12.8. The van der Waals surface area contributed by atoms with Gasteiger partial charge in [-0.15, -0.1) is 0 Å². The first kappa shape index (κ1) is 20.4. The third-order valence-corrected chi connectivity index (χ3v) is 4.01. The molecule has 3 rings (SSSR count). The average Bonchev–Trinajstić information content (AvgIpc) is 3.17. The van der Waals surface area contributed by atoms with Crippen LogP contribution < -0.4 is 29.6 Å². The number of fused-ring (bicyclic) bond motifs is 1. The van der Waals surface area contributed by atoms with Gasteiger partial charge in [0.15, 0.2) is 17.5 Å². The standard InChI is InChI=1S/C19H22F2N4O4/c1-3-22-19(24-9-12-5-4-6-23-17(12)26-2)25-10-13-7-15-16(28-11-27-15)8-14(13)29-18(20)21/h4-8,18H,3,9-11H2,1-2H3,(H2,22,24,25). The zero-order chi connectivity index (χ0) is 20.6. The molecular formula is C19H22F2N4O4. The maximum absolute atomic E-state index is 12.8. The molecule has 156 valence electrons. The fraction of sp³-hybridized carbons (Fsp3) is 0.368. The Morgan fingerprint density at radius 3 is 2.76 bits per heavy atom. The highest BCUT2D eigenvalue weighted by Crippen LogP contribution is 2.39. The van der Waals surface area contributed by atoms with Crippen molar-refractivity contribution in [3.63, 3.8) is 0 Å². The molecule has 0 radical (unpaired) electrons. The highest BCUT2D eigenvalue weighted by atomic mass is 19.3. The minimum atomic E-state index is -2.96. The van der Waals surface area contributed by atoms with E-state index in [1.165, 1.54) is 6.07 Å². The summed E-state index contributed by atoms with van der Waals surface area (Å²) in [5, 5.41) is 6.27. The highest BCUT2D eigenvalue weighted by molar-refractivity contribution is 5.79. The quantitative estimate of drug-likeness (QED) is 0.513. The van der Waals surface area contributed by atoms with E-state index in [2.05, 4.69) is 25.3 Å². The zero-order valence-electron chi connectivity index (χ0n) is 16.1. The summed E-state index contributed by atoms with van der Waals surface area (Å²) in [6, 6.07) is 6.68. The number of rotatable bonds is 8. The van der Waals surface area contributed by atoms with E-state index in [0.717, 1.165) is 5.56 Å². The van der Waals surface area contributed by atoms with Gasteiger partial charge in [-0.1, -0.05) is 6.07 Å². The molecular weight excluding hydrogens is 386 g/mol. The maximum Gasteiger partial charge on any atom is 0.387 e. The molecule has 29 heavy (non-hydrogen) atoms. The van der Waals surface area contributed by atoms with Gasteiger partial charge in [-0.05, 0) is 19.1 Å². The number of halogens is 2. The van der Waals surface area contributed by atoms with E-state index in [9.17, 15) is 8.78 Å². The Bertz CT molecular complexity index is 864. The van der Waals surface area contributed by atoms with E-state index >= 15 is 0 Å². The van der Waals surface area contributed by atoms with Crippen molar-refractivity contribution in [3.05, 3.63) is 41.6 Å². The second kappa shape index (κ2) is 9.76. The van der Waals surface area contributed by atoms with Gasteiger partial charge in [-0.3, -0.25) is 0 Å². The third-order valence-electron chi connectivity index (χ3n) is 4.01. The molecule has 0 unspecified atom stereocenters. The lowest BCUT2D eigenvalue weighted by molar-refractivity contribution is -0.0505. The van der Waals surface area contributed by atoms with Crippen LogP contribution in [0, 0.1) is 0 Å². The molecule has 2 N–H and O–H groups in total. The van der Waals surface area contributed by atoms with Gasteiger partial charge >= 0.3 is 6.61 Å². The van der Waals surface area contributed by atoms with Gasteiger partial charge < -0.3 is 29.6 Å². The van der Waals surface area contributed by atoms with Crippen molar-refractivity contribution in [1.29, 1.82) is 0 Å². The van der Waals surface area contributed by atoms with Crippen LogP contribution in [0.5, 0.6) is 23.1 Å². The Morgan fingerprint density at radius 1 is 1.24 bits per heavy atom. The first-order valence-electron chi connectivity index (χ1n) is 8.98. The molecule has 0 atom stereocenters. The number of methoxy groups -OCH3 is 1. The number of pyridine rings is 1. The number of aromatic nitrogens is 1. The van der Waals surface area contributed by atoms with Gasteiger partial charge in [0, 0.05) is 36.5 Å². The number of nitrogens with one attached hydrogen (secondary N) is 2. The first-order valence-corrected chi connectivity index (χ1v) is 8.98. The number of nitrogens with zero attached hydrogens (tertiary/aromatic N) is 2. The molecule has 2 heterocycles. The summed E-state index contributed by atoms with van der Waals surface area (Å²) in [7, 11) is 1.55. The first-order chi connectivity index (χ1) is 14.1. The number of hydrogen-bond donors (Lipinski definition) is 2. The van der Waals surface area contributed by atoms with Crippen LogP contribution in [0.15, 0.2) is 35.5 Å². The van der Waals surface area contributed by atoms with E-state index in [0.29, 0.717) is 42.0 Å². The molecule has 8 nitrogen and oxygen atoms in total. The van der Waals surface area contributed by atoms with Crippen LogP contribution in [-0.2, 0) is 13.1 Å². The van der Waals surface area contributed by atoms with E-state index in [1.807, 2.05) is 19.1 Å². The van der Waals surface area contributed by atoms with Crippen LogP contribution in [0.2, 0.25) is 0 Å². The molecule has 0 aliphatic carbocycles. The van der Waals surface area contributed by atoms with Gasteiger partial charge in [0.05, 0.1) is 13.7 Å². The SMILES string of the molecule is CCNC(=NCc1cc2c(cc1OC(F)F)OCO2)NCc1cccnc1OC. The second-order valence-electron chi connectivity index (χ2n) is 5.91. The molecule has 2 aromatic rings. The molecule has 0 amide bonds. The van der Waals surface area contributed by atoms with E-state index in [-0.39, 0.29) is 19.1 Å². The molecule has 0 fully saturated rings. The number of hydrogen-bond acceptors (Lipinski definition) is 6. The highest BCUT2D eigenvalue weighted by Gasteiger charge is 2.20. The largest absolute Gasteiger partial charge is 0.481 e. The second-order valence-corrected chi connectivity index (χ2v) is 5.91. The molecule has 0 bridgehead atoms. The summed E-state index contributed by atoms with van der Waals surface area (Å²) >= 11 is 0. The summed E-state index contributed by atoms with van der Waals surface area (Å²) < 4.78 is 46.0. The summed E-state index contributed by atoms with van der Waals surface area (Å²) in [5.74, 6) is 1.84. The predicted molar refractivity (Wildman–Crippen MR) is 102 cm³/mol. The van der Waals surface area contributed by atoms with Crippen LogP contribution >= 0.6 is 0 Å². The van der Waals surface area contributed by atoms with Crippen LogP contribution in [0.3, 0.4) is 0 Å². The molecule has 0 spiro atoms. The van der Waals surface area contributed by atoms with E-state index < -0.39 is 6.61 Å². The Hall–Kier alpha value is -3.30. The Labute approximate surface area is 166 Å². The number of aliphatic imine (C=N–C) groups is 1. The number of benzene rings is 1. The van der Waals surface area contributed by atoms with Crippen molar-refractivity contribution in [2.75, 3.05) is 20.4 Å². The number of alkyl halides is 2. The van der Waals surface area contributed by atoms with Crippen LogP contribution in [0.1, 0.15) is 18.1 Å². The van der Waals surface area contributed by atoms with Crippen LogP contribution in [-0.4, -0.2) is 38.0 Å². The number of guanidine groups is 1. The van der Waals surface area contributed by atoms with Gasteiger partial charge in [0.1, 0.15) is 5.75 Å². The lowest BCUT2D eigenvalue weighted by atomic mass is 10.1. The fourth-order valence-electron chi connectivity index (χ4n) is 2.72. The van der Waals surface area contributed by atoms with E-state index in [1.54, 1.807) is 19.4 Å². The fourth-order valence-corrected chi connectivity index (χ4v) is 2.72. The minimum Gasteiger partial charge on any atom is -0.481 e. The molecule has 1 aliphatic heterocycles. The lowest BCUT2D eigenvalue weighted by Gasteiger charge is -2.14. The average molecular weight is 408 g/mol. The smallest absolute Gasteiger partial charge is 0.387 e. The summed E-state index contributed by atoms with van der Waals surface area (Å²) in [6.45, 7) is 0.142. The van der Waals surface area contributed by atoms with Crippen molar-refractivity contribution >= 4 is 5.96 Å². The van der Waals surface area contributed by atoms with Gasteiger partial charge in [-0.2, -0.15) is 8.78 Å². The molecule has 0 saturated carbocycles. The predicted octanol–water partition coefficient (Wildman–Crippen LogP) is 2.68. The van der Waals surface area contributed by atoms with Crippen molar-refractivity contribution < 1.29 is 27.7 Å². The Balaban J connectivity index is 1.76. The van der Waals surface area contributed by atoms with Crippen molar-refractivity contribution in [1.82, 2.24) is 15.6 Å². The monoisotopic (exact) mass is 408 g/mol. The normalized spacial score (nSPS) is 12.8. The Kier molecular flexibility index (Phi) is 6.88. The molecule has 0 saturated heterocycles. The van der Waals surface area contributed by atoms with E-state index in [4.69, 9.17) is 14.2 Å². The van der Waals surface area contributed by atoms with Crippen LogP contribution in [0.4, 0.5) is 8.78 Å². The van der Waals surface area contributed by atoms with Crippen molar-refractivity contribution in [3.8, 4) is 23.1 Å². The molecule has 1 aromatic heterocycles. The summed E-state index contributed by atoms with van der Waals surface area (Å²) in [4.78, 5) is 8.61. The zero-order valence-corrected chi connectivity index (χ0v) is 16.1. The topological polar surface area (TPSA) is 86.2 Å². The van der Waals surface area contributed by atoms with Crippen molar-refractivity contribution in [2.45, 2.75) is 26.6 Å². The van der Waals surface area contributed by atoms with Crippen molar-refractivity contribution in [2.24, 2.45) is 4.99 Å². The minimum absolute atomic E-state index is 0.00206. The van der Waals surface area contributed by atoms with Gasteiger partial charge in [0.2, 0.25) is 12.7 Å². The number of ether oxygens (including phenoxy) is 4. The summed E-state index contributed by atoms with van der Waals surface area (Å²) in [6.07, 6.45) is 1.64. The summed E-state index contributed by atoms with van der Waals surface area (Å²) in [5.41, 5.74) is 1.30. The molecule has 1 aliphatic rings. The lowest BCUT2D eigenvalue weighted by Crippen LogP contribution is -2.36. The molecule has 1 aromatic carbocycles. The molecule has 10 heteroatoms. The third kappa shape index (κ3) is 5.37. The Morgan fingerprint density at radius 2 is 2.03 bits per heavy atom. The van der Waals surface area contributed by atoms with Gasteiger partial charge in [0.25, 0.3) is 0 Å². The van der Waals surface area contributed by atoms with Gasteiger partial charge in [-0.25, -0.2) is 9.98 Å². The van der Waals surface area contributed by atoms with Crippen LogP contribution in [0.25, 0.3) is 0 Å².